The van der Waals surface area contributed by atoms with Crippen LogP contribution in [0.3, 0.4) is 0 Å². The molecule has 100 valence electrons. The maximum Gasteiger partial charge on any atom is 0.348 e. The second kappa shape index (κ2) is 5.65. The smallest absolute Gasteiger partial charge is 0.348 e. The van der Waals surface area contributed by atoms with Gasteiger partial charge in [0.15, 0.2) is 0 Å². The number of aromatic nitrogens is 2. The number of hydrogen-bond donors (Lipinski definition) is 1. The molecule has 2 rings (SSSR count). The molecule has 0 radical (unpaired) electrons. The van der Waals surface area contributed by atoms with Crippen LogP contribution in [0.2, 0.25) is 0 Å². The Labute approximate surface area is 108 Å². The van der Waals surface area contributed by atoms with Crippen LogP contribution in [0, 0.1) is 19.8 Å². The fraction of sp³-hybridized carbons (Fsp3) is 0.714. The number of rotatable bonds is 3. The molecule has 1 heterocycles. The standard InChI is InChI=1S/C14H22N2O2/c1-10-8-11(2)16(14(18)15-10)9-13(17)12-6-4-3-5-7-12/h8,12-13,17H,3-7,9H2,1-2H3. The summed E-state index contributed by atoms with van der Waals surface area (Å²) in [5, 5.41) is 10.3. The predicted octanol–water partition coefficient (Wildman–Crippen LogP) is 1.80. The van der Waals surface area contributed by atoms with Gasteiger partial charge in [-0.1, -0.05) is 19.3 Å². The van der Waals surface area contributed by atoms with E-state index < -0.39 is 6.10 Å². The lowest BCUT2D eigenvalue weighted by Gasteiger charge is -2.27. The van der Waals surface area contributed by atoms with Crippen LogP contribution in [0.1, 0.15) is 43.5 Å². The predicted molar refractivity (Wildman–Crippen MR) is 70.6 cm³/mol. The molecule has 1 atom stereocenters. The molecule has 1 aromatic rings. The lowest BCUT2D eigenvalue weighted by molar-refractivity contribution is 0.0678. The molecular formula is C14H22N2O2. The summed E-state index contributed by atoms with van der Waals surface area (Å²) >= 11 is 0. The number of aliphatic hydroxyl groups is 1. The summed E-state index contributed by atoms with van der Waals surface area (Å²) < 4.78 is 1.59. The van der Waals surface area contributed by atoms with Gasteiger partial charge in [0.25, 0.3) is 0 Å². The summed E-state index contributed by atoms with van der Waals surface area (Å²) in [6, 6.07) is 1.88. The van der Waals surface area contributed by atoms with E-state index in [2.05, 4.69) is 4.98 Å². The van der Waals surface area contributed by atoms with Crippen molar-refractivity contribution in [3.63, 3.8) is 0 Å². The lowest BCUT2D eigenvalue weighted by atomic mass is 9.85. The van der Waals surface area contributed by atoms with Crippen molar-refractivity contribution in [2.75, 3.05) is 0 Å². The Morgan fingerprint density at radius 1 is 1.39 bits per heavy atom. The van der Waals surface area contributed by atoms with Crippen molar-refractivity contribution in [1.29, 1.82) is 0 Å². The molecule has 0 spiro atoms. The van der Waals surface area contributed by atoms with Crippen molar-refractivity contribution in [3.8, 4) is 0 Å². The van der Waals surface area contributed by atoms with Crippen molar-refractivity contribution < 1.29 is 5.11 Å². The monoisotopic (exact) mass is 250 g/mol. The van der Waals surface area contributed by atoms with Crippen LogP contribution < -0.4 is 5.69 Å². The van der Waals surface area contributed by atoms with Gasteiger partial charge in [0.2, 0.25) is 0 Å². The Kier molecular flexibility index (Phi) is 4.17. The van der Waals surface area contributed by atoms with Crippen LogP contribution in [0.25, 0.3) is 0 Å². The molecule has 4 heteroatoms. The van der Waals surface area contributed by atoms with Crippen molar-refractivity contribution in [1.82, 2.24) is 9.55 Å². The first-order chi connectivity index (χ1) is 8.58. The van der Waals surface area contributed by atoms with E-state index in [1.54, 1.807) is 4.57 Å². The Morgan fingerprint density at radius 2 is 2.06 bits per heavy atom. The first-order valence-electron chi connectivity index (χ1n) is 6.81. The minimum absolute atomic E-state index is 0.248. The average Bonchev–Trinajstić information content (AvgIpc) is 2.34. The zero-order chi connectivity index (χ0) is 13.1. The highest BCUT2D eigenvalue weighted by Gasteiger charge is 2.22. The molecule has 1 saturated carbocycles. The van der Waals surface area contributed by atoms with E-state index in [0.29, 0.717) is 12.5 Å². The minimum atomic E-state index is -0.425. The van der Waals surface area contributed by atoms with Gasteiger partial charge in [-0.05, 0) is 38.7 Å². The molecule has 1 aliphatic carbocycles. The fourth-order valence-corrected chi connectivity index (χ4v) is 2.85. The van der Waals surface area contributed by atoms with Gasteiger partial charge in [-0.15, -0.1) is 0 Å². The Bertz CT molecular complexity index is 461. The third kappa shape index (κ3) is 2.99. The van der Waals surface area contributed by atoms with Crippen LogP contribution in [0.15, 0.2) is 10.9 Å². The number of aryl methyl sites for hydroxylation is 2. The van der Waals surface area contributed by atoms with Crippen LogP contribution in [-0.4, -0.2) is 20.8 Å². The summed E-state index contributed by atoms with van der Waals surface area (Å²) in [4.78, 5) is 15.7. The van der Waals surface area contributed by atoms with Gasteiger partial charge in [0.1, 0.15) is 0 Å². The van der Waals surface area contributed by atoms with Crippen molar-refractivity contribution in [3.05, 3.63) is 27.9 Å². The normalized spacial score (nSPS) is 18.8. The molecule has 1 fully saturated rings. The van der Waals surface area contributed by atoms with Gasteiger partial charge in [0, 0.05) is 11.4 Å². The molecule has 1 N–H and O–H groups in total. The van der Waals surface area contributed by atoms with Crippen molar-refractivity contribution in [2.24, 2.45) is 5.92 Å². The van der Waals surface area contributed by atoms with E-state index in [1.165, 1.54) is 19.3 Å². The highest BCUT2D eigenvalue weighted by molar-refractivity contribution is 5.06. The second-order valence-electron chi connectivity index (χ2n) is 5.40. The molecule has 4 nitrogen and oxygen atoms in total. The molecule has 1 unspecified atom stereocenters. The first-order valence-corrected chi connectivity index (χ1v) is 6.81. The Morgan fingerprint density at radius 3 is 2.67 bits per heavy atom. The number of hydrogen-bond acceptors (Lipinski definition) is 3. The maximum absolute atomic E-state index is 11.8. The largest absolute Gasteiger partial charge is 0.391 e. The molecule has 0 aliphatic heterocycles. The number of nitrogens with zero attached hydrogens (tertiary/aromatic N) is 2. The average molecular weight is 250 g/mol. The lowest BCUT2D eigenvalue weighted by Crippen LogP contribution is -2.34. The fourth-order valence-electron chi connectivity index (χ4n) is 2.85. The Hall–Kier alpha value is -1.16. The van der Waals surface area contributed by atoms with E-state index in [1.807, 2.05) is 19.9 Å². The minimum Gasteiger partial charge on any atom is -0.391 e. The third-order valence-corrected chi connectivity index (χ3v) is 3.91. The summed E-state index contributed by atoms with van der Waals surface area (Å²) in [7, 11) is 0. The highest BCUT2D eigenvalue weighted by atomic mass is 16.3. The molecule has 0 amide bonds. The van der Waals surface area contributed by atoms with Gasteiger partial charge in [-0.3, -0.25) is 4.57 Å². The second-order valence-corrected chi connectivity index (χ2v) is 5.40. The van der Waals surface area contributed by atoms with E-state index in [0.717, 1.165) is 24.2 Å². The molecule has 0 bridgehead atoms. The van der Waals surface area contributed by atoms with Crippen molar-refractivity contribution in [2.45, 2.75) is 58.6 Å². The van der Waals surface area contributed by atoms with E-state index in [-0.39, 0.29) is 5.69 Å². The summed E-state index contributed by atoms with van der Waals surface area (Å²) in [6.45, 7) is 4.09. The van der Waals surface area contributed by atoms with E-state index >= 15 is 0 Å². The zero-order valence-electron chi connectivity index (χ0n) is 11.2. The number of aliphatic hydroxyl groups excluding tert-OH is 1. The topological polar surface area (TPSA) is 55.1 Å². The zero-order valence-corrected chi connectivity index (χ0v) is 11.2. The summed E-state index contributed by atoms with van der Waals surface area (Å²) in [6.07, 6.45) is 5.39. The molecule has 0 saturated heterocycles. The van der Waals surface area contributed by atoms with E-state index in [4.69, 9.17) is 0 Å². The molecular weight excluding hydrogens is 228 g/mol. The van der Waals surface area contributed by atoms with Crippen molar-refractivity contribution >= 4 is 0 Å². The molecule has 1 aromatic heterocycles. The van der Waals surface area contributed by atoms with E-state index in [9.17, 15) is 9.90 Å². The highest BCUT2D eigenvalue weighted by Crippen LogP contribution is 2.27. The van der Waals surface area contributed by atoms with Crippen LogP contribution in [-0.2, 0) is 6.54 Å². The Balaban J connectivity index is 2.11. The summed E-state index contributed by atoms with van der Waals surface area (Å²) in [5.41, 5.74) is 1.37. The van der Waals surface area contributed by atoms with Crippen LogP contribution in [0.4, 0.5) is 0 Å². The summed E-state index contributed by atoms with van der Waals surface area (Å²) in [5.74, 6) is 0.339. The van der Waals surface area contributed by atoms with Gasteiger partial charge >= 0.3 is 5.69 Å². The SMILES string of the molecule is Cc1cc(C)n(CC(O)C2CCCCC2)c(=O)n1. The van der Waals surface area contributed by atoms with Gasteiger partial charge in [-0.2, -0.15) is 4.98 Å². The van der Waals surface area contributed by atoms with Gasteiger partial charge in [-0.25, -0.2) is 4.79 Å². The quantitative estimate of drug-likeness (QED) is 0.890. The van der Waals surface area contributed by atoms with Gasteiger partial charge < -0.3 is 5.11 Å². The molecule has 1 aliphatic rings. The third-order valence-electron chi connectivity index (χ3n) is 3.91. The first kappa shape index (κ1) is 13.3. The maximum atomic E-state index is 11.8. The van der Waals surface area contributed by atoms with Crippen LogP contribution >= 0.6 is 0 Å². The van der Waals surface area contributed by atoms with Crippen LogP contribution in [0.5, 0.6) is 0 Å². The molecule has 18 heavy (non-hydrogen) atoms. The molecule has 0 aromatic carbocycles. The van der Waals surface area contributed by atoms with Gasteiger partial charge in [0.05, 0.1) is 12.6 Å².